The highest BCUT2D eigenvalue weighted by molar-refractivity contribution is 5.83. The Labute approximate surface area is 156 Å². The van der Waals surface area contributed by atoms with Gasteiger partial charge in [0.2, 0.25) is 5.91 Å². The molecule has 27 heavy (non-hydrogen) atoms. The average Bonchev–Trinajstić information content (AvgIpc) is 3.33. The first-order valence-electron chi connectivity index (χ1n) is 8.88. The number of halogens is 1. The van der Waals surface area contributed by atoms with E-state index in [9.17, 15) is 14.4 Å². The van der Waals surface area contributed by atoms with Crippen molar-refractivity contribution in [1.82, 2.24) is 9.80 Å². The van der Waals surface area contributed by atoms with Crippen LogP contribution in [0.3, 0.4) is 0 Å². The molecule has 2 aromatic carbocycles. The van der Waals surface area contributed by atoms with E-state index >= 15 is 0 Å². The van der Waals surface area contributed by atoms with Gasteiger partial charge in [-0.05, 0) is 41.7 Å². The molecule has 0 saturated carbocycles. The van der Waals surface area contributed by atoms with Gasteiger partial charge in [-0.2, -0.15) is 10.5 Å². The molecule has 1 atom stereocenters. The zero-order chi connectivity index (χ0) is 19.0. The van der Waals surface area contributed by atoms with Gasteiger partial charge in [0.05, 0.1) is 5.56 Å². The van der Waals surface area contributed by atoms with E-state index in [0.717, 1.165) is 17.5 Å². The third-order valence-corrected chi connectivity index (χ3v) is 5.34. The summed E-state index contributed by atoms with van der Waals surface area (Å²) in [7, 11) is 0. The summed E-state index contributed by atoms with van der Waals surface area (Å²) >= 11 is 0. The van der Waals surface area contributed by atoms with Crippen molar-refractivity contribution in [3.8, 4) is 23.4 Å². The minimum atomic E-state index is -0.526. The summed E-state index contributed by atoms with van der Waals surface area (Å²) in [6, 6.07) is 11.9. The molecule has 0 bridgehead atoms. The molecule has 1 unspecified atom stereocenters. The van der Waals surface area contributed by atoms with Crippen LogP contribution in [0.4, 0.5) is 4.39 Å². The van der Waals surface area contributed by atoms with Gasteiger partial charge in [-0.3, -0.25) is 9.69 Å². The van der Waals surface area contributed by atoms with E-state index in [2.05, 4.69) is 6.19 Å². The largest absolute Gasteiger partial charge is 0.332 e. The number of nitriles is 2. The lowest BCUT2D eigenvalue weighted by Crippen LogP contribution is -2.41. The smallest absolute Gasteiger partial charge is 0.246 e. The Bertz CT molecular complexity index is 1000. The fourth-order valence-electron chi connectivity index (χ4n) is 3.91. The van der Waals surface area contributed by atoms with E-state index in [4.69, 9.17) is 5.26 Å². The van der Waals surface area contributed by atoms with E-state index in [0.29, 0.717) is 37.2 Å². The first kappa shape index (κ1) is 17.1. The van der Waals surface area contributed by atoms with Crippen molar-refractivity contribution in [2.75, 3.05) is 6.54 Å². The molecule has 0 aromatic heterocycles. The fourth-order valence-corrected chi connectivity index (χ4v) is 3.91. The molecule has 6 heteroatoms. The highest BCUT2D eigenvalue weighted by atomic mass is 19.1. The van der Waals surface area contributed by atoms with Crippen molar-refractivity contribution in [2.45, 2.75) is 32.0 Å². The van der Waals surface area contributed by atoms with Crippen LogP contribution >= 0.6 is 0 Å². The third-order valence-electron chi connectivity index (χ3n) is 5.34. The molecule has 1 saturated heterocycles. The van der Waals surface area contributed by atoms with Crippen molar-refractivity contribution in [3.05, 3.63) is 58.9 Å². The number of carbonyl (C=O) groups excluding carboxylic acids is 1. The predicted octanol–water partition coefficient (Wildman–Crippen LogP) is 3.15. The molecule has 0 spiro atoms. The summed E-state index contributed by atoms with van der Waals surface area (Å²) in [5.74, 6) is -0.550. The number of hydrogen-bond donors (Lipinski definition) is 0. The Morgan fingerprint density at radius 2 is 1.96 bits per heavy atom. The molecule has 4 rings (SSSR count). The number of fused-ring (bicyclic) bond motifs is 1. The first-order chi connectivity index (χ1) is 13.1. The molecule has 0 radical (unpaired) electrons. The Morgan fingerprint density at radius 1 is 1.15 bits per heavy atom. The van der Waals surface area contributed by atoms with Crippen LogP contribution in [0, 0.1) is 28.6 Å². The summed E-state index contributed by atoms with van der Waals surface area (Å²) < 4.78 is 14.5. The molecule has 5 nitrogen and oxygen atoms in total. The number of nitrogens with zero attached hydrogens (tertiary/aromatic N) is 4. The Balaban J connectivity index is 1.59. The molecule has 2 aliphatic rings. The zero-order valence-corrected chi connectivity index (χ0v) is 14.7. The molecule has 1 fully saturated rings. The summed E-state index contributed by atoms with van der Waals surface area (Å²) in [6.45, 7) is 1.59. The minimum absolute atomic E-state index is 0.0163. The Morgan fingerprint density at radius 3 is 2.74 bits per heavy atom. The zero-order valence-electron chi connectivity index (χ0n) is 14.7. The summed E-state index contributed by atoms with van der Waals surface area (Å²) in [5, 5.41) is 18.2. The molecule has 2 heterocycles. The lowest BCUT2D eigenvalue weighted by Gasteiger charge is -2.23. The van der Waals surface area contributed by atoms with Gasteiger partial charge in [0.15, 0.2) is 6.19 Å². The van der Waals surface area contributed by atoms with Crippen LogP contribution < -0.4 is 0 Å². The number of rotatable bonds is 2. The van der Waals surface area contributed by atoms with E-state index in [1.54, 1.807) is 21.9 Å². The lowest BCUT2D eigenvalue weighted by atomic mass is 9.98. The minimum Gasteiger partial charge on any atom is -0.332 e. The van der Waals surface area contributed by atoms with Gasteiger partial charge in [0.1, 0.15) is 17.9 Å². The first-order valence-corrected chi connectivity index (χ1v) is 8.88. The highest BCUT2D eigenvalue weighted by Gasteiger charge is 2.35. The molecule has 2 aliphatic heterocycles. The van der Waals surface area contributed by atoms with E-state index in [-0.39, 0.29) is 17.5 Å². The highest BCUT2D eigenvalue weighted by Crippen LogP contribution is 2.32. The Hall–Kier alpha value is -3.38. The quantitative estimate of drug-likeness (QED) is 0.772. The molecule has 134 valence electrons. The van der Waals surface area contributed by atoms with Crippen LogP contribution in [-0.4, -0.2) is 28.3 Å². The van der Waals surface area contributed by atoms with Crippen LogP contribution in [0.2, 0.25) is 0 Å². The topological polar surface area (TPSA) is 71.1 Å². The van der Waals surface area contributed by atoms with Crippen molar-refractivity contribution in [2.24, 2.45) is 0 Å². The number of likely N-dealkylation sites (tertiary alicyclic amines) is 1. The predicted molar refractivity (Wildman–Crippen MR) is 96.1 cm³/mol. The van der Waals surface area contributed by atoms with Gasteiger partial charge in [0, 0.05) is 25.2 Å². The molecular formula is C21H17FN4O. The van der Waals surface area contributed by atoms with Crippen molar-refractivity contribution in [3.63, 3.8) is 0 Å². The van der Waals surface area contributed by atoms with Crippen molar-refractivity contribution < 1.29 is 9.18 Å². The second-order valence-electron chi connectivity index (χ2n) is 6.91. The van der Waals surface area contributed by atoms with E-state index in [1.807, 2.05) is 24.3 Å². The maximum absolute atomic E-state index is 14.5. The lowest BCUT2D eigenvalue weighted by molar-refractivity contribution is -0.135. The van der Waals surface area contributed by atoms with Gasteiger partial charge in [-0.25, -0.2) is 4.39 Å². The Kier molecular flexibility index (Phi) is 4.25. The second-order valence-corrected chi connectivity index (χ2v) is 6.91. The molecular weight excluding hydrogens is 343 g/mol. The molecule has 1 amide bonds. The average molecular weight is 360 g/mol. The SMILES string of the molecule is N#Cc1cccc(-c2ccc3c(c2)CN(C(=O)C2CCCN2C#N)C3)c1F. The number of hydrogen-bond acceptors (Lipinski definition) is 4. The van der Waals surface area contributed by atoms with Crippen LogP contribution in [-0.2, 0) is 17.9 Å². The van der Waals surface area contributed by atoms with E-state index < -0.39 is 5.82 Å². The van der Waals surface area contributed by atoms with Crippen molar-refractivity contribution in [1.29, 1.82) is 10.5 Å². The summed E-state index contributed by atoms with van der Waals surface area (Å²) in [6.07, 6.45) is 3.66. The maximum atomic E-state index is 14.5. The van der Waals surface area contributed by atoms with Gasteiger partial charge in [0.25, 0.3) is 0 Å². The van der Waals surface area contributed by atoms with Gasteiger partial charge in [-0.15, -0.1) is 0 Å². The molecule has 2 aromatic rings. The molecule has 0 N–H and O–H groups in total. The van der Waals surface area contributed by atoms with Crippen LogP contribution in [0.15, 0.2) is 36.4 Å². The van der Waals surface area contributed by atoms with Gasteiger partial charge >= 0.3 is 0 Å². The number of amides is 1. The molecule has 0 aliphatic carbocycles. The van der Waals surface area contributed by atoms with Crippen molar-refractivity contribution >= 4 is 5.91 Å². The monoisotopic (exact) mass is 360 g/mol. The second kappa shape index (κ2) is 6.74. The van der Waals surface area contributed by atoms with E-state index in [1.165, 1.54) is 6.07 Å². The van der Waals surface area contributed by atoms with Crippen LogP contribution in [0.5, 0.6) is 0 Å². The standard InChI is InChI=1S/C21H17FN4O/c22-20-15(10-23)3-1-4-18(20)14-6-7-16-11-26(12-17(16)9-14)21(27)19-5-2-8-25(19)13-24/h1,3-4,6-7,9,19H,2,5,8,11-12H2. The van der Waals surface area contributed by atoms with Crippen LogP contribution in [0.25, 0.3) is 11.1 Å². The third kappa shape index (κ3) is 2.90. The maximum Gasteiger partial charge on any atom is 0.246 e. The normalized spacial score (nSPS) is 18.1. The fraction of sp³-hybridized carbons (Fsp3) is 0.286. The van der Waals surface area contributed by atoms with Gasteiger partial charge < -0.3 is 4.90 Å². The number of benzene rings is 2. The number of carbonyl (C=O) groups is 1. The summed E-state index contributed by atoms with van der Waals surface area (Å²) in [5.41, 5.74) is 3.10. The van der Waals surface area contributed by atoms with Crippen LogP contribution in [0.1, 0.15) is 29.5 Å². The van der Waals surface area contributed by atoms with Gasteiger partial charge in [-0.1, -0.05) is 24.3 Å². The summed E-state index contributed by atoms with van der Waals surface area (Å²) in [4.78, 5) is 16.1.